The minimum absolute atomic E-state index is 0.0310. The lowest BCUT2D eigenvalue weighted by atomic mass is 10.1. The number of fused-ring (bicyclic) bond motifs is 1. The van der Waals surface area contributed by atoms with Gasteiger partial charge in [-0.25, -0.2) is 9.78 Å². The van der Waals surface area contributed by atoms with Crippen LogP contribution in [0.1, 0.15) is 16.2 Å². The van der Waals surface area contributed by atoms with Crippen LogP contribution >= 0.6 is 11.6 Å². The van der Waals surface area contributed by atoms with Crippen LogP contribution in [0.15, 0.2) is 45.9 Å². The highest BCUT2D eigenvalue weighted by atomic mass is 35.5. The third-order valence-corrected chi connectivity index (χ3v) is 3.81. The summed E-state index contributed by atoms with van der Waals surface area (Å²) in [7, 11) is 3.45. The Hall–Kier alpha value is -2.60. The zero-order chi connectivity index (χ0) is 16.6. The van der Waals surface area contributed by atoms with Crippen molar-refractivity contribution in [1.82, 2.24) is 14.5 Å². The van der Waals surface area contributed by atoms with Crippen LogP contribution < -0.4 is 5.63 Å². The average molecular weight is 332 g/mol. The van der Waals surface area contributed by atoms with E-state index in [1.807, 2.05) is 11.6 Å². The van der Waals surface area contributed by atoms with Gasteiger partial charge >= 0.3 is 5.63 Å². The van der Waals surface area contributed by atoms with Crippen molar-refractivity contribution in [1.29, 1.82) is 0 Å². The van der Waals surface area contributed by atoms with Crippen molar-refractivity contribution < 1.29 is 9.21 Å². The zero-order valence-electron chi connectivity index (χ0n) is 12.6. The average Bonchev–Trinajstić information content (AvgIpc) is 2.91. The lowest BCUT2D eigenvalue weighted by Crippen LogP contribution is -2.31. The molecule has 0 bridgehead atoms. The summed E-state index contributed by atoms with van der Waals surface area (Å²) < 4.78 is 7.01. The molecule has 0 aliphatic rings. The van der Waals surface area contributed by atoms with Crippen LogP contribution in [-0.2, 0) is 13.6 Å². The van der Waals surface area contributed by atoms with Crippen molar-refractivity contribution in [2.24, 2.45) is 7.05 Å². The lowest BCUT2D eigenvalue weighted by Gasteiger charge is -2.16. The van der Waals surface area contributed by atoms with Gasteiger partial charge in [0.2, 0.25) is 0 Å². The molecular weight excluding hydrogens is 318 g/mol. The van der Waals surface area contributed by atoms with Gasteiger partial charge in [0.25, 0.3) is 5.91 Å². The first-order chi connectivity index (χ1) is 11.0. The summed E-state index contributed by atoms with van der Waals surface area (Å²) in [4.78, 5) is 30.2. The molecule has 0 spiro atoms. The number of halogens is 1. The molecule has 0 saturated heterocycles. The van der Waals surface area contributed by atoms with Crippen LogP contribution in [0.25, 0.3) is 11.0 Å². The predicted octanol–water partition coefficient (Wildman–Crippen LogP) is 2.45. The largest absolute Gasteiger partial charge is 0.422 e. The van der Waals surface area contributed by atoms with E-state index >= 15 is 0 Å². The molecule has 2 aromatic heterocycles. The monoisotopic (exact) mass is 331 g/mol. The van der Waals surface area contributed by atoms with Gasteiger partial charge < -0.3 is 13.9 Å². The summed E-state index contributed by atoms with van der Waals surface area (Å²) in [5, 5.41) is 1.11. The predicted molar refractivity (Wildman–Crippen MR) is 86.5 cm³/mol. The lowest BCUT2D eigenvalue weighted by molar-refractivity contribution is 0.0776. The molecule has 0 unspecified atom stereocenters. The fourth-order valence-corrected chi connectivity index (χ4v) is 2.46. The van der Waals surface area contributed by atoms with E-state index in [9.17, 15) is 9.59 Å². The number of aryl methyl sites for hydroxylation is 1. The summed E-state index contributed by atoms with van der Waals surface area (Å²) >= 11 is 5.94. The van der Waals surface area contributed by atoms with Crippen LogP contribution in [0.3, 0.4) is 0 Å². The number of nitrogens with zero attached hydrogens (tertiary/aromatic N) is 3. The van der Waals surface area contributed by atoms with E-state index < -0.39 is 11.5 Å². The molecule has 118 valence electrons. The molecule has 1 amide bonds. The molecule has 23 heavy (non-hydrogen) atoms. The van der Waals surface area contributed by atoms with Gasteiger partial charge in [-0.1, -0.05) is 11.6 Å². The molecule has 1 aromatic carbocycles. The first kappa shape index (κ1) is 15.3. The molecule has 0 radical (unpaired) electrons. The number of rotatable bonds is 3. The third kappa shape index (κ3) is 2.98. The number of hydrogen-bond acceptors (Lipinski definition) is 4. The van der Waals surface area contributed by atoms with E-state index in [-0.39, 0.29) is 12.1 Å². The van der Waals surface area contributed by atoms with Crippen molar-refractivity contribution >= 4 is 28.5 Å². The summed E-state index contributed by atoms with van der Waals surface area (Å²) in [6, 6.07) is 6.38. The second-order valence-electron chi connectivity index (χ2n) is 5.25. The van der Waals surface area contributed by atoms with Gasteiger partial charge in [0.1, 0.15) is 17.0 Å². The zero-order valence-corrected chi connectivity index (χ0v) is 13.4. The number of carbonyl (C=O) groups excluding carboxylic acids is 1. The van der Waals surface area contributed by atoms with Crippen LogP contribution in [0.5, 0.6) is 0 Å². The molecule has 0 N–H and O–H groups in total. The molecule has 7 heteroatoms. The Balaban J connectivity index is 1.95. The highest BCUT2D eigenvalue weighted by Gasteiger charge is 2.19. The molecule has 0 saturated carbocycles. The molecule has 0 fully saturated rings. The van der Waals surface area contributed by atoms with Crippen molar-refractivity contribution in [2.45, 2.75) is 6.54 Å². The number of amides is 1. The Kier molecular flexibility index (Phi) is 3.92. The second kappa shape index (κ2) is 5.89. The number of imidazole rings is 1. The minimum atomic E-state index is -0.670. The van der Waals surface area contributed by atoms with Gasteiger partial charge in [0, 0.05) is 36.9 Å². The normalized spacial score (nSPS) is 10.9. The first-order valence-electron chi connectivity index (χ1n) is 6.91. The molecular formula is C16H14ClN3O3. The van der Waals surface area contributed by atoms with Gasteiger partial charge in [-0.2, -0.15) is 0 Å². The van der Waals surface area contributed by atoms with Gasteiger partial charge in [-0.05, 0) is 24.3 Å². The van der Waals surface area contributed by atoms with Gasteiger partial charge in [-0.3, -0.25) is 4.79 Å². The summed E-state index contributed by atoms with van der Waals surface area (Å²) in [5.74, 6) is 0.290. The smallest absolute Gasteiger partial charge is 0.349 e. The Morgan fingerprint density at radius 2 is 2.17 bits per heavy atom. The number of hydrogen-bond donors (Lipinski definition) is 0. The van der Waals surface area contributed by atoms with Gasteiger partial charge in [0.15, 0.2) is 0 Å². The van der Waals surface area contributed by atoms with E-state index in [0.29, 0.717) is 21.8 Å². The van der Waals surface area contributed by atoms with Crippen LogP contribution in [0.4, 0.5) is 0 Å². The third-order valence-electron chi connectivity index (χ3n) is 3.57. The fourth-order valence-electron chi connectivity index (χ4n) is 2.28. The van der Waals surface area contributed by atoms with Crippen LogP contribution in [0, 0.1) is 0 Å². The fraction of sp³-hybridized carbons (Fsp3) is 0.188. The minimum Gasteiger partial charge on any atom is -0.422 e. The number of benzene rings is 1. The Labute approximate surface area is 136 Å². The van der Waals surface area contributed by atoms with E-state index in [2.05, 4.69) is 4.98 Å². The summed E-state index contributed by atoms with van der Waals surface area (Å²) in [5.41, 5.74) is -0.310. The topological polar surface area (TPSA) is 68.3 Å². The van der Waals surface area contributed by atoms with Gasteiger partial charge in [-0.15, -0.1) is 0 Å². The van der Waals surface area contributed by atoms with Crippen molar-refractivity contribution in [3.63, 3.8) is 0 Å². The summed E-state index contributed by atoms with van der Waals surface area (Å²) in [6.45, 7) is 0.287. The maximum Gasteiger partial charge on any atom is 0.349 e. The van der Waals surface area contributed by atoms with E-state index in [1.54, 1.807) is 37.6 Å². The Morgan fingerprint density at radius 1 is 1.39 bits per heavy atom. The molecule has 6 nitrogen and oxygen atoms in total. The maximum atomic E-state index is 12.5. The van der Waals surface area contributed by atoms with Crippen LogP contribution in [0.2, 0.25) is 5.02 Å². The molecule has 2 heterocycles. The molecule has 0 aliphatic heterocycles. The first-order valence-corrected chi connectivity index (χ1v) is 7.28. The number of carbonyl (C=O) groups is 1. The SMILES string of the molecule is CN(Cc1nccn1C)C(=O)c1cc2cc(Cl)ccc2oc1=O. The molecule has 3 aromatic rings. The molecule has 3 rings (SSSR count). The number of aromatic nitrogens is 2. The van der Waals surface area contributed by atoms with Crippen molar-refractivity contribution in [3.05, 3.63) is 63.5 Å². The van der Waals surface area contributed by atoms with Crippen LogP contribution in [-0.4, -0.2) is 27.4 Å². The van der Waals surface area contributed by atoms with Crippen molar-refractivity contribution in [3.8, 4) is 0 Å². The quantitative estimate of drug-likeness (QED) is 0.691. The molecule has 0 aliphatic carbocycles. The van der Waals surface area contributed by atoms with Gasteiger partial charge in [0.05, 0.1) is 6.54 Å². The van der Waals surface area contributed by atoms with Crippen molar-refractivity contribution in [2.75, 3.05) is 7.05 Å². The molecule has 0 atom stereocenters. The Morgan fingerprint density at radius 3 is 2.87 bits per heavy atom. The Bertz CT molecular complexity index is 945. The van der Waals surface area contributed by atoms with E-state index in [4.69, 9.17) is 16.0 Å². The van der Waals surface area contributed by atoms with E-state index in [1.165, 1.54) is 11.0 Å². The highest BCUT2D eigenvalue weighted by Crippen LogP contribution is 2.19. The van der Waals surface area contributed by atoms with E-state index in [0.717, 1.165) is 0 Å². The highest BCUT2D eigenvalue weighted by molar-refractivity contribution is 6.31. The maximum absolute atomic E-state index is 12.5. The standard InChI is InChI=1S/C16H14ClN3O3/c1-19-6-5-18-14(19)9-20(2)15(21)12-8-10-7-11(17)3-4-13(10)23-16(12)22/h3-8H,9H2,1-2H3. The summed E-state index contributed by atoms with van der Waals surface area (Å²) in [6.07, 6.45) is 3.44. The second-order valence-corrected chi connectivity index (χ2v) is 5.68.